The SMILES string of the molecule is Cc1cnc(SC2CCCC(NC3CC3)(C(=O)O)C2)nc1. The van der Waals surface area contributed by atoms with Crippen molar-refractivity contribution in [2.24, 2.45) is 0 Å². The lowest BCUT2D eigenvalue weighted by molar-refractivity contribution is -0.146. The number of hydrogen-bond donors (Lipinski definition) is 2. The van der Waals surface area contributed by atoms with Crippen LogP contribution in [0.2, 0.25) is 0 Å². The van der Waals surface area contributed by atoms with E-state index in [0.29, 0.717) is 12.5 Å². The molecule has 3 rings (SSSR count). The standard InChI is InChI=1S/C15H21N3O2S/c1-10-8-16-14(17-9-10)21-12-3-2-6-15(7-12,13(19)20)18-11-4-5-11/h8-9,11-12,18H,2-7H2,1H3,(H,19,20). The number of rotatable bonds is 5. The number of nitrogens with one attached hydrogen (secondary N) is 1. The molecule has 0 bridgehead atoms. The molecule has 2 unspecified atom stereocenters. The van der Waals surface area contributed by atoms with Gasteiger partial charge in [-0.15, -0.1) is 0 Å². The second kappa shape index (κ2) is 5.93. The van der Waals surface area contributed by atoms with E-state index in [1.165, 1.54) is 0 Å². The number of hydrogen-bond acceptors (Lipinski definition) is 5. The molecule has 1 heterocycles. The third-order valence-electron chi connectivity index (χ3n) is 4.20. The molecule has 0 amide bonds. The first-order valence-corrected chi connectivity index (χ1v) is 8.42. The van der Waals surface area contributed by atoms with Gasteiger partial charge in [0.15, 0.2) is 5.16 Å². The average Bonchev–Trinajstić information content (AvgIpc) is 3.25. The van der Waals surface area contributed by atoms with Crippen molar-refractivity contribution in [2.45, 2.75) is 67.4 Å². The Labute approximate surface area is 129 Å². The summed E-state index contributed by atoms with van der Waals surface area (Å²) < 4.78 is 0. The molecule has 0 radical (unpaired) electrons. The van der Waals surface area contributed by atoms with Crippen LogP contribution in [0, 0.1) is 6.92 Å². The minimum absolute atomic E-state index is 0.267. The van der Waals surface area contributed by atoms with Crippen molar-refractivity contribution in [1.82, 2.24) is 15.3 Å². The molecule has 114 valence electrons. The van der Waals surface area contributed by atoms with Crippen molar-refractivity contribution in [3.05, 3.63) is 18.0 Å². The van der Waals surface area contributed by atoms with E-state index >= 15 is 0 Å². The van der Waals surface area contributed by atoms with Crippen LogP contribution in [-0.4, -0.2) is 37.9 Å². The van der Waals surface area contributed by atoms with E-state index in [0.717, 1.165) is 42.8 Å². The summed E-state index contributed by atoms with van der Waals surface area (Å²) in [5.74, 6) is -0.704. The first kappa shape index (κ1) is 14.8. The largest absolute Gasteiger partial charge is 0.480 e. The van der Waals surface area contributed by atoms with Crippen molar-refractivity contribution in [3.63, 3.8) is 0 Å². The minimum atomic E-state index is -0.748. The Balaban J connectivity index is 1.68. The van der Waals surface area contributed by atoms with Gasteiger partial charge in [0.1, 0.15) is 5.54 Å². The van der Waals surface area contributed by atoms with Gasteiger partial charge >= 0.3 is 5.97 Å². The van der Waals surface area contributed by atoms with E-state index in [9.17, 15) is 9.90 Å². The van der Waals surface area contributed by atoms with Crippen molar-refractivity contribution >= 4 is 17.7 Å². The summed E-state index contributed by atoms with van der Waals surface area (Å²) in [6, 6.07) is 0.403. The highest BCUT2D eigenvalue weighted by atomic mass is 32.2. The molecule has 2 saturated carbocycles. The van der Waals surface area contributed by atoms with Crippen LogP contribution in [0.5, 0.6) is 0 Å². The highest BCUT2D eigenvalue weighted by Gasteiger charge is 2.46. The fourth-order valence-corrected chi connectivity index (χ4v) is 4.10. The monoisotopic (exact) mass is 307 g/mol. The van der Waals surface area contributed by atoms with Gasteiger partial charge in [-0.2, -0.15) is 0 Å². The van der Waals surface area contributed by atoms with Crippen molar-refractivity contribution < 1.29 is 9.90 Å². The van der Waals surface area contributed by atoms with Gasteiger partial charge in [-0.1, -0.05) is 11.8 Å². The normalized spacial score (nSPS) is 29.3. The smallest absolute Gasteiger partial charge is 0.323 e. The third kappa shape index (κ3) is 3.55. The lowest BCUT2D eigenvalue weighted by Crippen LogP contribution is -2.56. The van der Waals surface area contributed by atoms with E-state index in [4.69, 9.17) is 0 Å². The summed E-state index contributed by atoms with van der Waals surface area (Å²) in [7, 11) is 0. The maximum atomic E-state index is 11.8. The molecule has 0 spiro atoms. The Morgan fingerprint density at radius 2 is 2.10 bits per heavy atom. The molecule has 2 atom stereocenters. The first-order chi connectivity index (χ1) is 10.1. The number of nitrogens with zero attached hydrogens (tertiary/aromatic N) is 2. The topological polar surface area (TPSA) is 75.1 Å². The Bertz CT molecular complexity index is 518. The molecule has 0 saturated heterocycles. The minimum Gasteiger partial charge on any atom is -0.480 e. The first-order valence-electron chi connectivity index (χ1n) is 7.54. The lowest BCUT2D eigenvalue weighted by atomic mass is 9.81. The fourth-order valence-electron chi connectivity index (χ4n) is 2.92. The van der Waals surface area contributed by atoms with Gasteiger partial charge in [0.25, 0.3) is 0 Å². The van der Waals surface area contributed by atoms with Crippen LogP contribution in [0.25, 0.3) is 0 Å². The van der Waals surface area contributed by atoms with Crippen LogP contribution < -0.4 is 5.32 Å². The molecule has 2 aliphatic rings. The maximum absolute atomic E-state index is 11.8. The summed E-state index contributed by atoms with van der Waals surface area (Å²) in [6.45, 7) is 1.96. The number of aryl methyl sites for hydroxylation is 1. The molecule has 6 heteroatoms. The number of thioether (sulfide) groups is 1. The van der Waals surface area contributed by atoms with Crippen LogP contribution in [0.4, 0.5) is 0 Å². The number of carboxylic acids is 1. The third-order valence-corrected chi connectivity index (χ3v) is 5.36. The predicted octanol–water partition coefficient (Wildman–Crippen LogP) is 2.40. The van der Waals surface area contributed by atoms with Gasteiger partial charge in [0.05, 0.1) is 0 Å². The Morgan fingerprint density at radius 3 is 2.71 bits per heavy atom. The van der Waals surface area contributed by atoms with Gasteiger partial charge in [-0.3, -0.25) is 10.1 Å². The summed E-state index contributed by atoms with van der Waals surface area (Å²) >= 11 is 1.61. The summed E-state index contributed by atoms with van der Waals surface area (Å²) in [5, 5.41) is 14.1. The van der Waals surface area contributed by atoms with Gasteiger partial charge < -0.3 is 5.11 Å². The van der Waals surface area contributed by atoms with Crippen LogP contribution in [-0.2, 0) is 4.79 Å². The highest BCUT2D eigenvalue weighted by Crippen LogP contribution is 2.39. The number of aliphatic carboxylic acids is 1. The second-order valence-corrected chi connectivity index (χ2v) is 7.45. The fraction of sp³-hybridized carbons (Fsp3) is 0.667. The van der Waals surface area contributed by atoms with Crippen molar-refractivity contribution in [1.29, 1.82) is 0 Å². The second-order valence-electron chi connectivity index (χ2n) is 6.19. The zero-order chi connectivity index (χ0) is 14.9. The Hall–Kier alpha value is -1.14. The van der Waals surface area contributed by atoms with Gasteiger partial charge in [-0.25, -0.2) is 9.97 Å². The van der Waals surface area contributed by atoms with Gasteiger partial charge in [-0.05, 0) is 51.0 Å². The molecule has 1 aromatic heterocycles. The Morgan fingerprint density at radius 1 is 1.38 bits per heavy atom. The van der Waals surface area contributed by atoms with E-state index in [2.05, 4.69) is 15.3 Å². The van der Waals surface area contributed by atoms with Gasteiger partial charge in [0, 0.05) is 23.7 Å². The molecule has 1 aromatic rings. The highest BCUT2D eigenvalue weighted by molar-refractivity contribution is 7.99. The predicted molar refractivity (Wildman–Crippen MR) is 81.4 cm³/mol. The summed E-state index contributed by atoms with van der Waals surface area (Å²) in [5.41, 5.74) is 0.292. The zero-order valence-electron chi connectivity index (χ0n) is 12.2. The maximum Gasteiger partial charge on any atom is 0.323 e. The molecule has 2 fully saturated rings. The van der Waals surface area contributed by atoms with Crippen LogP contribution >= 0.6 is 11.8 Å². The van der Waals surface area contributed by atoms with Crippen molar-refractivity contribution in [3.8, 4) is 0 Å². The molecule has 2 aliphatic carbocycles. The summed E-state index contributed by atoms with van der Waals surface area (Å²) in [4.78, 5) is 20.4. The van der Waals surface area contributed by atoms with Crippen LogP contribution in [0.15, 0.2) is 17.6 Å². The average molecular weight is 307 g/mol. The quantitative estimate of drug-likeness (QED) is 0.814. The van der Waals surface area contributed by atoms with E-state index in [-0.39, 0.29) is 5.25 Å². The van der Waals surface area contributed by atoms with E-state index < -0.39 is 11.5 Å². The van der Waals surface area contributed by atoms with Gasteiger partial charge in [0.2, 0.25) is 0 Å². The zero-order valence-corrected chi connectivity index (χ0v) is 13.0. The number of aromatic nitrogens is 2. The molecular weight excluding hydrogens is 286 g/mol. The molecule has 21 heavy (non-hydrogen) atoms. The van der Waals surface area contributed by atoms with E-state index in [1.54, 1.807) is 11.8 Å². The van der Waals surface area contributed by atoms with Crippen molar-refractivity contribution in [2.75, 3.05) is 0 Å². The Kier molecular flexibility index (Phi) is 4.17. The lowest BCUT2D eigenvalue weighted by Gasteiger charge is -2.38. The number of carboxylic acid groups (broad SMARTS) is 1. The van der Waals surface area contributed by atoms with Crippen LogP contribution in [0.3, 0.4) is 0 Å². The molecule has 2 N–H and O–H groups in total. The molecular formula is C15H21N3O2S. The summed E-state index contributed by atoms with van der Waals surface area (Å²) in [6.07, 6.45) is 9.18. The van der Waals surface area contributed by atoms with Crippen LogP contribution in [0.1, 0.15) is 44.1 Å². The molecule has 5 nitrogen and oxygen atoms in total. The molecule has 0 aromatic carbocycles. The van der Waals surface area contributed by atoms with E-state index in [1.807, 2.05) is 19.3 Å². The number of carbonyl (C=O) groups is 1. The molecule has 0 aliphatic heterocycles.